The highest BCUT2D eigenvalue weighted by atomic mass is 16.6. The first-order chi connectivity index (χ1) is 7.18. The van der Waals surface area contributed by atoms with E-state index in [2.05, 4.69) is 10.2 Å². The molecular formula is C9H7N3O3. The van der Waals surface area contributed by atoms with E-state index < -0.39 is 4.92 Å². The molecule has 0 unspecified atom stereocenters. The Kier molecular flexibility index (Phi) is 2.09. The predicted octanol–water partition coefficient (Wildman–Crippen LogP) is 1.69. The number of rotatable bonds is 2. The molecule has 0 saturated carbocycles. The number of nitro benzene ring substituents is 1. The smallest absolute Gasteiger partial charge is 0.269 e. The van der Waals surface area contributed by atoms with Crippen LogP contribution in [0.1, 0.15) is 0 Å². The van der Waals surface area contributed by atoms with Crippen molar-refractivity contribution in [2.45, 2.75) is 0 Å². The van der Waals surface area contributed by atoms with Gasteiger partial charge < -0.3 is 5.11 Å². The molecule has 2 N–H and O–H groups in total. The Morgan fingerprint density at radius 3 is 2.47 bits per heavy atom. The number of nitrogens with zero attached hydrogens (tertiary/aromatic N) is 2. The number of non-ortho nitro benzene ring substituents is 1. The largest absolute Gasteiger partial charge is 0.492 e. The van der Waals surface area contributed by atoms with Crippen molar-refractivity contribution in [3.63, 3.8) is 0 Å². The number of benzene rings is 1. The van der Waals surface area contributed by atoms with E-state index in [9.17, 15) is 15.2 Å². The molecule has 0 bridgehead atoms. The molecular weight excluding hydrogens is 198 g/mol. The predicted molar refractivity (Wildman–Crippen MR) is 52.3 cm³/mol. The van der Waals surface area contributed by atoms with Crippen LogP contribution >= 0.6 is 0 Å². The van der Waals surface area contributed by atoms with Crippen LogP contribution in [-0.2, 0) is 0 Å². The lowest BCUT2D eigenvalue weighted by Crippen LogP contribution is -1.86. The SMILES string of the molecule is O=[N+]([O-])c1ccc(-c2c[nH]nc2O)cc1. The lowest BCUT2D eigenvalue weighted by Gasteiger charge is -1.97. The summed E-state index contributed by atoms with van der Waals surface area (Å²) < 4.78 is 0. The molecule has 2 aromatic rings. The summed E-state index contributed by atoms with van der Waals surface area (Å²) in [7, 11) is 0. The second-order valence-electron chi connectivity index (χ2n) is 2.93. The van der Waals surface area contributed by atoms with Crippen molar-refractivity contribution in [1.29, 1.82) is 0 Å². The molecule has 0 aliphatic heterocycles. The van der Waals surface area contributed by atoms with Gasteiger partial charge in [0.15, 0.2) is 0 Å². The fourth-order valence-electron chi connectivity index (χ4n) is 1.26. The van der Waals surface area contributed by atoms with Gasteiger partial charge in [0.2, 0.25) is 5.88 Å². The van der Waals surface area contributed by atoms with E-state index in [0.717, 1.165) is 0 Å². The van der Waals surface area contributed by atoms with Gasteiger partial charge >= 0.3 is 0 Å². The van der Waals surface area contributed by atoms with Gasteiger partial charge in [0, 0.05) is 18.3 Å². The quantitative estimate of drug-likeness (QED) is 0.576. The molecule has 6 nitrogen and oxygen atoms in total. The van der Waals surface area contributed by atoms with Gasteiger partial charge in [-0.1, -0.05) is 0 Å². The fraction of sp³-hybridized carbons (Fsp3) is 0. The van der Waals surface area contributed by atoms with Gasteiger partial charge in [-0.15, -0.1) is 5.10 Å². The highest BCUT2D eigenvalue weighted by molar-refractivity contribution is 5.68. The van der Waals surface area contributed by atoms with Crippen molar-refractivity contribution in [2.24, 2.45) is 0 Å². The van der Waals surface area contributed by atoms with Gasteiger partial charge in [-0.3, -0.25) is 15.2 Å². The van der Waals surface area contributed by atoms with E-state index in [4.69, 9.17) is 0 Å². The van der Waals surface area contributed by atoms with E-state index in [0.29, 0.717) is 11.1 Å². The van der Waals surface area contributed by atoms with E-state index in [1.807, 2.05) is 0 Å². The number of hydrogen-bond acceptors (Lipinski definition) is 4. The van der Waals surface area contributed by atoms with Crippen LogP contribution in [0, 0.1) is 10.1 Å². The van der Waals surface area contributed by atoms with E-state index in [-0.39, 0.29) is 11.6 Å². The summed E-state index contributed by atoms with van der Waals surface area (Å²) >= 11 is 0. The zero-order valence-electron chi connectivity index (χ0n) is 7.54. The lowest BCUT2D eigenvalue weighted by atomic mass is 10.1. The Hall–Kier alpha value is -2.37. The van der Waals surface area contributed by atoms with Gasteiger partial charge in [0.05, 0.1) is 10.5 Å². The molecule has 0 radical (unpaired) electrons. The summed E-state index contributed by atoms with van der Waals surface area (Å²) in [6.07, 6.45) is 1.52. The summed E-state index contributed by atoms with van der Waals surface area (Å²) in [4.78, 5) is 9.93. The maximum Gasteiger partial charge on any atom is 0.269 e. The first-order valence-corrected chi connectivity index (χ1v) is 4.16. The Morgan fingerprint density at radius 2 is 2.00 bits per heavy atom. The number of nitro groups is 1. The average molecular weight is 205 g/mol. The first kappa shape index (κ1) is 9.20. The van der Waals surface area contributed by atoms with Crippen LogP contribution in [0.15, 0.2) is 30.5 Å². The molecule has 76 valence electrons. The standard InChI is InChI=1S/C9H7N3O3/c13-9-8(5-10-11-9)6-1-3-7(4-2-6)12(14)15/h1-5H,(H2,10,11,13). The van der Waals surface area contributed by atoms with Crippen molar-refractivity contribution >= 4 is 5.69 Å². The molecule has 1 heterocycles. The molecule has 6 heteroatoms. The highest BCUT2D eigenvalue weighted by Crippen LogP contribution is 2.27. The number of aromatic nitrogens is 2. The summed E-state index contributed by atoms with van der Waals surface area (Å²) in [5.74, 6) is -0.121. The topological polar surface area (TPSA) is 92.0 Å². The van der Waals surface area contributed by atoms with E-state index in [1.165, 1.54) is 18.3 Å². The van der Waals surface area contributed by atoms with Gasteiger partial charge in [-0.25, -0.2) is 0 Å². The number of aromatic hydroxyl groups is 1. The van der Waals surface area contributed by atoms with Crippen LogP contribution in [0.4, 0.5) is 5.69 Å². The Labute approximate surface area is 84.3 Å². The molecule has 1 aromatic carbocycles. The molecule has 0 spiro atoms. The maximum absolute atomic E-state index is 10.4. The van der Waals surface area contributed by atoms with Gasteiger partial charge in [-0.2, -0.15) is 0 Å². The van der Waals surface area contributed by atoms with Crippen LogP contribution in [0.2, 0.25) is 0 Å². The molecule has 15 heavy (non-hydrogen) atoms. The van der Waals surface area contributed by atoms with Crippen molar-refractivity contribution in [1.82, 2.24) is 10.2 Å². The van der Waals surface area contributed by atoms with Crippen LogP contribution in [-0.4, -0.2) is 20.2 Å². The summed E-state index contributed by atoms with van der Waals surface area (Å²) in [6.45, 7) is 0. The van der Waals surface area contributed by atoms with E-state index >= 15 is 0 Å². The lowest BCUT2D eigenvalue weighted by molar-refractivity contribution is -0.384. The zero-order valence-corrected chi connectivity index (χ0v) is 7.54. The third kappa shape index (κ3) is 1.64. The monoisotopic (exact) mass is 205 g/mol. The number of hydrogen-bond donors (Lipinski definition) is 2. The Morgan fingerprint density at radius 1 is 1.33 bits per heavy atom. The van der Waals surface area contributed by atoms with Crippen molar-refractivity contribution in [3.8, 4) is 17.0 Å². The molecule has 0 saturated heterocycles. The van der Waals surface area contributed by atoms with Crippen molar-refractivity contribution < 1.29 is 10.0 Å². The first-order valence-electron chi connectivity index (χ1n) is 4.16. The normalized spacial score (nSPS) is 10.1. The van der Waals surface area contributed by atoms with Crippen LogP contribution < -0.4 is 0 Å². The molecule has 2 rings (SSSR count). The van der Waals surface area contributed by atoms with Crippen LogP contribution in [0.5, 0.6) is 5.88 Å². The minimum absolute atomic E-state index is 0.0155. The molecule has 0 atom stereocenters. The minimum Gasteiger partial charge on any atom is -0.492 e. The third-order valence-corrected chi connectivity index (χ3v) is 2.01. The van der Waals surface area contributed by atoms with Gasteiger partial charge in [0.25, 0.3) is 5.69 Å². The van der Waals surface area contributed by atoms with Gasteiger partial charge in [0.1, 0.15) is 0 Å². The Balaban J connectivity index is 2.40. The maximum atomic E-state index is 10.4. The fourth-order valence-corrected chi connectivity index (χ4v) is 1.26. The van der Waals surface area contributed by atoms with Crippen LogP contribution in [0.3, 0.4) is 0 Å². The average Bonchev–Trinajstić information content (AvgIpc) is 2.65. The minimum atomic E-state index is -0.473. The summed E-state index contributed by atoms with van der Waals surface area (Å²) in [6, 6.07) is 5.87. The zero-order chi connectivity index (χ0) is 10.8. The van der Waals surface area contributed by atoms with Crippen molar-refractivity contribution in [3.05, 3.63) is 40.6 Å². The second-order valence-corrected chi connectivity index (χ2v) is 2.93. The number of H-pyrrole nitrogens is 1. The van der Waals surface area contributed by atoms with E-state index in [1.54, 1.807) is 12.1 Å². The number of aromatic amines is 1. The van der Waals surface area contributed by atoms with Crippen molar-refractivity contribution in [2.75, 3.05) is 0 Å². The van der Waals surface area contributed by atoms with Crippen LogP contribution in [0.25, 0.3) is 11.1 Å². The highest BCUT2D eigenvalue weighted by Gasteiger charge is 2.09. The molecule has 0 amide bonds. The second kappa shape index (κ2) is 3.41. The Bertz CT molecular complexity index is 490. The molecule has 0 aliphatic carbocycles. The molecule has 0 fully saturated rings. The third-order valence-electron chi connectivity index (χ3n) is 2.01. The summed E-state index contributed by atoms with van der Waals surface area (Å²) in [5, 5.41) is 25.8. The molecule has 0 aliphatic rings. The number of nitrogens with one attached hydrogen (secondary N) is 1. The summed E-state index contributed by atoms with van der Waals surface area (Å²) in [5.41, 5.74) is 1.21. The molecule has 1 aromatic heterocycles. The van der Waals surface area contributed by atoms with Gasteiger partial charge in [-0.05, 0) is 17.7 Å².